The molecule has 3 saturated heterocycles. The van der Waals surface area contributed by atoms with E-state index in [2.05, 4.69) is 64.7 Å². The van der Waals surface area contributed by atoms with Gasteiger partial charge in [-0.05, 0) is 91.6 Å². The molecule has 10 rings (SSSR count). The Morgan fingerprint density at radius 2 is 1.40 bits per heavy atom. The van der Waals surface area contributed by atoms with Crippen molar-refractivity contribution in [1.82, 2.24) is 20.0 Å². The van der Waals surface area contributed by atoms with Gasteiger partial charge in [-0.3, -0.25) is 39.1 Å². The van der Waals surface area contributed by atoms with Crippen LogP contribution in [0.4, 0.5) is 17.1 Å². The zero-order valence-electron chi connectivity index (χ0n) is 35.7. The minimum atomic E-state index is -0.967. The summed E-state index contributed by atoms with van der Waals surface area (Å²) in [6, 6.07) is 16.6. The molecule has 5 fully saturated rings. The molecule has 322 valence electrons. The van der Waals surface area contributed by atoms with E-state index in [-0.39, 0.29) is 47.6 Å². The summed E-state index contributed by atoms with van der Waals surface area (Å²) in [5, 5.41) is 2.63. The number of rotatable bonds is 7. The Balaban J connectivity index is 0.713. The lowest BCUT2D eigenvalue weighted by molar-refractivity contribution is -0.199. The molecule has 14 heteroatoms. The van der Waals surface area contributed by atoms with Crippen molar-refractivity contribution in [3.05, 3.63) is 93.3 Å². The maximum Gasteiger partial charge on any atom is 0.262 e. The summed E-state index contributed by atoms with van der Waals surface area (Å²) in [7, 11) is 0. The number of amides is 5. The van der Waals surface area contributed by atoms with Gasteiger partial charge in [0.1, 0.15) is 17.9 Å². The van der Waals surface area contributed by atoms with Crippen molar-refractivity contribution in [2.24, 2.45) is 16.2 Å². The first-order chi connectivity index (χ1) is 29.6. The molecule has 1 unspecified atom stereocenters. The van der Waals surface area contributed by atoms with Crippen LogP contribution in [0.5, 0.6) is 5.75 Å². The Kier molecular flexibility index (Phi) is 9.54. The first-order valence-electron chi connectivity index (χ1n) is 22.0. The van der Waals surface area contributed by atoms with Crippen molar-refractivity contribution in [3.63, 3.8) is 0 Å². The second-order valence-corrected chi connectivity index (χ2v) is 20.2. The van der Waals surface area contributed by atoms with Crippen molar-refractivity contribution in [3.8, 4) is 5.75 Å². The predicted molar refractivity (Wildman–Crippen MR) is 234 cm³/mol. The summed E-state index contributed by atoms with van der Waals surface area (Å²) in [5.74, 6) is -1.23. The summed E-state index contributed by atoms with van der Waals surface area (Å²) in [6.45, 7) is 22.2. The normalized spacial score (nSPS) is 26.5. The molecule has 1 spiro atoms. The van der Waals surface area contributed by atoms with Crippen LogP contribution >= 0.6 is 11.6 Å². The number of carbonyl (C=O) groups excluding carboxylic acids is 5. The molecule has 7 aliphatic rings. The third kappa shape index (κ3) is 6.38. The van der Waals surface area contributed by atoms with Crippen LogP contribution in [0, 0.1) is 22.8 Å². The first kappa shape index (κ1) is 40.6. The van der Waals surface area contributed by atoms with E-state index >= 15 is 0 Å². The molecule has 0 radical (unpaired) electrons. The molecular weight excluding hydrogens is 806 g/mol. The standard InChI is InChI=1S/C48H52ClN7O6/c1-46(2)44(47(3,4)45(46)62-32-8-11-37(50-5)36(49)24-32)55-27-28-22-29(6-9-33(28)41(55)59)53-18-20-54(21-19-53)31-25-48(26-31)14-16-52(17-15-48)30-7-10-34-35(23-30)43(61)56(42(34)60)38-12-13-39(57)51-40(38)58/h6-11,22-24,31,38,44-45H,12-21,25-27H2,1-4H3,(H,51,57,58). The van der Waals surface area contributed by atoms with E-state index in [0.29, 0.717) is 45.6 Å². The van der Waals surface area contributed by atoms with Crippen LogP contribution in [0.25, 0.3) is 4.85 Å². The fourth-order valence-corrected chi connectivity index (χ4v) is 12.8. The topological polar surface area (TPSA) is 127 Å². The number of hydrogen-bond acceptors (Lipinski definition) is 9. The first-order valence-corrected chi connectivity index (χ1v) is 22.3. The van der Waals surface area contributed by atoms with E-state index in [9.17, 15) is 24.0 Å². The van der Waals surface area contributed by atoms with Gasteiger partial charge < -0.3 is 19.4 Å². The highest BCUT2D eigenvalue weighted by atomic mass is 35.5. The Hall–Kier alpha value is -5.45. The summed E-state index contributed by atoms with van der Waals surface area (Å²) in [6.07, 6.45) is 4.63. The van der Waals surface area contributed by atoms with Crippen molar-refractivity contribution < 1.29 is 28.7 Å². The van der Waals surface area contributed by atoms with Gasteiger partial charge in [0.15, 0.2) is 0 Å². The minimum Gasteiger partial charge on any atom is -0.489 e. The fourth-order valence-electron chi connectivity index (χ4n) is 12.6. The van der Waals surface area contributed by atoms with Gasteiger partial charge in [-0.15, -0.1) is 0 Å². The summed E-state index contributed by atoms with van der Waals surface area (Å²) >= 11 is 6.33. The van der Waals surface area contributed by atoms with Crippen molar-refractivity contribution >= 4 is 58.2 Å². The van der Waals surface area contributed by atoms with E-state index in [0.717, 1.165) is 73.8 Å². The van der Waals surface area contributed by atoms with Crippen molar-refractivity contribution in [2.75, 3.05) is 49.1 Å². The van der Waals surface area contributed by atoms with Gasteiger partial charge in [-0.25, -0.2) is 4.85 Å². The molecule has 13 nitrogen and oxygen atoms in total. The van der Waals surface area contributed by atoms with Crippen molar-refractivity contribution in [1.29, 1.82) is 0 Å². The fraction of sp³-hybridized carbons (Fsp3) is 0.500. The lowest BCUT2D eigenvalue weighted by atomic mass is 9.49. The number of nitrogens with one attached hydrogen (secondary N) is 1. The number of carbonyl (C=O) groups is 5. The Bertz CT molecular complexity index is 2460. The van der Waals surface area contributed by atoms with E-state index in [4.69, 9.17) is 22.9 Å². The van der Waals surface area contributed by atoms with Crippen LogP contribution in [0.2, 0.25) is 5.02 Å². The maximum absolute atomic E-state index is 14.0. The smallest absolute Gasteiger partial charge is 0.262 e. The van der Waals surface area contributed by atoms with Gasteiger partial charge in [-0.1, -0.05) is 45.4 Å². The number of ether oxygens (including phenoxy) is 1. The third-order valence-electron chi connectivity index (χ3n) is 15.4. The number of anilines is 2. The number of piperidine rings is 2. The minimum absolute atomic E-state index is 0.0283. The zero-order valence-corrected chi connectivity index (χ0v) is 36.5. The molecule has 3 aromatic carbocycles. The van der Waals surface area contributed by atoms with Crippen molar-refractivity contribution in [2.45, 2.75) is 97.0 Å². The molecule has 3 aromatic rings. The lowest BCUT2D eigenvalue weighted by Gasteiger charge is -2.65. The molecule has 5 heterocycles. The maximum atomic E-state index is 14.0. The van der Waals surface area contributed by atoms with E-state index < -0.39 is 23.8 Å². The second-order valence-electron chi connectivity index (χ2n) is 19.8. The third-order valence-corrected chi connectivity index (χ3v) is 15.7. The number of piperazine rings is 1. The molecule has 1 atom stereocenters. The van der Waals surface area contributed by atoms with Crippen LogP contribution in [0.3, 0.4) is 0 Å². The summed E-state index contributed by atoms with van der Waals surface area (Å²) < 4.78 is 6.52. The Labute approximate surface area is 367 Å². The number of imide groups is 2. The zero-order chi connectivity index (χ0) is 43.5. The van der Waals surface area contributed by atoms with Crippen LogP contribution < -0.4 is 19.9 Å². The monoisotopic (exact) mass is 857 g/mol. The van der Waals surface area contributed by atoms with E-state index in [1.54, 1.807) is 30.3 Å². The van der Waals surface area contributed by atoms with Gasteiger partial charge >= 0.3 is 0 Å². The number of fused-ring (bicyclic) bond motifs is 2. The lowest BCUT2D eigenvalue weighted by Crippen LogP contribution is -2.74. The molecule has 5 aliphatic heterocycles. The van der Waals surface area contributed by atoms with Gasteiger partial charge in [-0.2, -0.15) is 0 Å². The number of halogens is 1. The summed E-state index contributed by atoms with van der Waals surface area (Å²) in [5.41, 5.74) is 4.67. The molecule has 2 aliphatic carbocycles. The number of benzene rings is 3. The molecule has 62 heavy (non-hydrogen) atoms. The van der Waals surface area contributed by atoms with Gasteiger partial charge in [0.05, 0.1) is 22.7 Å². The number of nitrogens with zero attached hydrogens (tertiary/aromatic N) is 6. The molecule has 0 aromatic heterocycles. The average molecular weight is 858 g/mol. The number of hydrogen-bond donors (Lipinski definition) is 1. The van der Waals surface area contributed by atoms with E-state index in [1.165, 1.54) is 18.5 Å². The van der Waals surface area contributed by atoms with Crippen LogP contribution in [-0.4, -0.2) is 108 Å². The SMILES string of the molecule is [C-]#[N+]c1ccc(OC2C(C)(C)C(N3Cc4cc(N5CCN(C6CC7(CCN(c8ccc9c(c8)C(=O)N(C8CCC(=O)NC8=O)C9=O)CC7)C6)CC5)ccc4C3=O)C2(C)C)cc1Cl. The quantitative estimate of drug-likeness (QED) is 0.204. The van der Waals surface area contributed by atoms with Gasteiger partial charge in [0, 0.05) is 92.1 Å². The highest BCUT2D eigenvalue weighted by Crippen LogP contribution is 2.59. The van der Waals surface area contributed by atoms with Gasteiger partial charge in [0.2, 0.25) is 17.5 Å². The predicted octanol–water partition coefficient (Wildman–Crippen LogP) is 6.70. The Morgan fingerprint density at radius 1 is 0.758 bits per heavy atom. The molecule has 1 N–H and O–H groups in total. The van der Waals surface area contributed by atoms with Crippen LogP contribution in [0.1, 0.15) is 103 Å². The molecular formula is C48H52ClN7O6. The average Bonchev–Trinajstić information content (AvgIpc) is 3.68. The Morgan fingerprint density at radius 3 is 2.06 bits per heavy atom. The van der Waals surface area contributed by atoms with E-state index in [1.807, 2.05) is 17.0 Å². The van der Waals surface area contributed by atoms with Crippen LogP contribution in [0.15, 0.2) is 54.6 Å². The molecule has 2 saturated carbocycles. The highest BCUT2D eigenvalue weighted by Gasteiger charge is 2.67. The summed E-state index contributed by atoms with van der Waals surface area (Å²) in [4.78, 5) is 78.7. The molecule has 0 bridgehead atoms. The second kappa shape index (κ2) is 14.6. The highest BCUT2D eigenvalue weighted by molar-refractivity contribution is 6.33. The molecule has 5 amide bonds. The van der Waals surface area contributed by atoms with Crippen LogP contribution in [-0.2, 0) is 16.1 Å². The van der Waals surface area contributed by atoms with Gasteiger partial charge in [0.25, 0.3) is 17.7 Å². The largest absolute Gasteiger partial charge is 0.489 e.